The lowest BCUT2D eigenvalue weighted by molar-refractivity contribution is -0.144. The molecule has 0 radical (unpaired) electrons. The zero-order valence-corrected chi connectivity index (χ0v) is 10.4. The van der Waals surface area contributed by atoms with Crippen molar-refractivity contribution >= 4 is 11.7 Å². The Labute approximate surface area is 103 Å². The van der Waals surface area contributed by atoms with Gasteiger partial charge < -0.3 is 5.32 Å². The standard InChI is InChI=1S/C12H15F3N2O/c1-11(2,3)8-4-6-9(7-5-8)16-10(18)17-12(13,14)15/h4-7H,1-3H3,(H2,16,17,18). The molecule has 0 heterocycles. The second-order valence-electron chi connectivity index (χ2n) is 4.90. The van der Waals surface area contributed by atoms with Gasteiger partial charge in [-0.15, -0.1) is 0 Å². The van der Waals surface area contributed by atoms with Crippen molar-refractivity contribution in [2.75, 3.05) is 5.32 Å². The average Bonchev–Trinajstić information content (AvgIpc) is 2.13. The first-order valence-corrected chi connectivity index (χ1v) is 5.34. The highest BCUT2D eigenvalue weighted by Crippen LogP contribution is 2.23. The average molecular weight is 260 g/mol. The van der Waals surface area contributed by atoms with Crippen molar-refractivity contribution in [3.63, 3.8) is 0 Å². The van der Waals surface area contributed by atoms with Gasteiger partial charge in [0.15, 0.2) is 0 Å². The number of urea groups is 1. The molecule has 2 N–H and O–H groups in total. The molecular formula is C12H15F3N2O. The first kappa shape index (κ1) is 14.3. The Balaban J connectivity index is 2.67. The van der Waals surface area contributed by atoms with Crippen LogP contribution in [0, 0.1) is 0 Å². The van der Waals surface area contributed by atoms with E-state index in [1.54, 1.807) is 24.3 Å². The number of carbonyl (C=O) groups is 1. The lowest BCUT2D eigenvalue weighted by Crippen LogP contribution is -2.40. The Morgan fingerprint density at radius 1 is 1.06 bits per heavy atom. The maximum atomic E-state index is 11.9. The van der Waals surface area contributed by atoms with Gasteiger partial charge in [-0.2, -0.15) is 13.2 Å². The molecule has 2 amide bonds. The summed E-state index contributed by atoms with van der Waals surface area (Å²) in [7, 11) is 0. The van der Waals surface area contributed by atoms with Crippen LogP contribution in [0.25, 0.3) is 0 Å². The fourth-order valence-corrected chi connectivity index (χ4v) is 1.34. The van der Waals surface area contributed by atoms with Crippen LogP contribution in [0.3, 0.4) is 0 Å². The molecule has 0 atom stereocenters. The largest absolute Gasteiger partial charge is 0.485 e. The normalized spacial score (nSPS) is 12.1. The van der Waals surface area contributed by atoms with Crippen molar-refractivity contribution in [3.8, 4) is 0 Å². The van der Waals surface area contributed by atoms with Gasteiger partial charge in [0.25, 0.3) is 0 Å². The number of hydrogen-bond acceptors (Lipinski definition) is 1. The number of halogens is 3. The minimum Gasteiger partial charge on any atom is -0.308 e. The van der Waals surface area contributed by atoms with E-state index in [0.29, 0.717) is 5.69 Å². The van der Waals surface area contributed by atoms with E-state index in [1.807, 2.05) is 20.8 Å². The van der Waals surface area contributed by atoms with Gasteiger partial charge in [-0.25, -0.2) is 10.1 Å². The van der Waals surface area contributed by atoms with Crippen molar-refractivity contribution in [1.82, 2.24) is 5.32 Å². The predicted molar refractivity (Wildman–Crippen MR) is 63.4 cm³/mol. The van der Waals surface area contributed by atoms with Gasteiger partial charge in [0.2, 0.25) is 0 Å². The third kappa shape index (κ3) is 4.65. The molecule has 1 rings (SSSR count). The molecule has 0 spiro atoms. The minimum atomic E-state index is -4.73. The number of amides is 2. The van der Waals surface area contributed by atoms with E-state index in [0.717, 1.165) is 10.9 Å². The van der Waals surface area contributed by atoms with E-state index in [9.17, 15) is 18.0 Å². The Kier molecular flexibility index (Phi) is 3.88. The smallest absolute Gasteiger partial charge is 0.308 e. The maximum absolute atomic E-state index is 11.9. The quantitative estimate of drug-likeness (QED) is 0.744. The van der Waals surface area contributed by atoms with Gasteiger partial charge in [-0.1, -0.05) is 32.9 Å². The van der Waals surface area contributed by atoms with Crippen molar-refractivity contribution in [2.24, 2.45) is 0 Å². The molecule has 0 unspecified atom stereocenters. The molecule has 100 valence electrons. The van der Waals surface area contributed by atoms with E-state index in [1.165, 1.54) is 0 Å². The SMILES string of the molecule is CC(C)(C)c1ccc(NC(=O)NC(F)(F)F)cc1. The van der Waals surface area contributed by atoms with Crippen LogP contribution in [0.15, 0.2) is 24.3 Å². The fraction of sp³-hybridized carbons (Fsp3) is 0.417. The Bertz CT molecular complexity index is 418. The molecule has 0 aliphatic carbocycles. The zero-order chi connectivity index (χ0) is 14.0. The molecule has 0 aliphatic rings. The molecule has 1 aromatic carbocycles. The second kappa shape index (κ2) is 4.88. The van der Waals surface area contributed by atoms with E-state index in [2.05, 4.69) is 5.32 Å². The van der Waals surface area contributed by atoms with Crippen LogP contribution in [0.2, 0.25) is 0 Å². The number of anilines is 1. The maximum Gasteiger partial charge on any atom is 0.485 e. The van der Waals surface area contributed by atoms with Crippen LogP contribution in [0.1, 0.15) is 26.3 Å². The number of alkyl halides is 3. The molecule has 0 aromatic heterocycles. The van der Waals surface area contributed by atoms with E-state index < -0.39 is 12.3 Å². The summed E-state index contributed by atoms with van der Waals surface area (Å²) >= 11 is 0. The van der Waals surface area contributed by atoms with Gasteiger partial charge in [-0.3, -0.25) is 0 Å². The van der Waals surface area contributed by atoms with Crippen LogP contribution < -0.4 is 10.6 Å². The van der Waals surface area contributed by atoms with E-state index >= 15 is 0 Å². The van der Waals surface area contributed by atoms with E-state index in [4.69, 9.17) is 0 Å². The monoisotopic (exact) mass is 260 g/mol. The number of hydrogen-bond donors (Lipinski definition) is 2. The lowest BCUT2D eigenvalue weighted by atomic mass is 9.87. The summed E-state index contributed by atoms with van der Waals surface area (Å²) in [5, 5.41) is 2.97. The number of rotatable bonds is 1. The van der Waals surface area contributed by atoms with Crippen molar-refractivity contribution in [2.45, 2.75) is 32.5 Å². The van der Waals surface area contributed by atoms with Gasteiger partial charge in [0.05, 0.1) is 0 Å². The summed E-state index contributed by atoms with van der Waals surface area (Å²) in [5.41, 5.74) is 1.29. The highest BCUT2D eigenvalue weighted by atomic mass is 19.4. The minimum absolute atomic E-state index is 0.0489. The van der Waals surface area contributed by atoms with Crippen LogP contribution in [0.4, 0.5) is 23.7 Å². The van der Waals surface area contributed by atoms with Crippen molar-refractivity contribution in [1.29, 1.82) is 0 Å². The van der Waals surface area contributed by atoms with Crippen molar-refractivity contribution < 1.29 is 18.0 Å². The predicted octanol–water partition coefficient (Wildman–Crippen LogP) is 3.63. The van der Waals surface area contributed by atoms with Gasteiger partial charge in [0, 0.05) is 5.69 Å². The molecule has 0 bridgehead atoms. The molecule has 1 aromatic rings. The molecule has 3 nitrogen and oxygen atoms in total. The van der Waals surface area contributed by atoms with Gasteiger partial charge in [-0.05, 0) is 23.1 Å². The highest BCUT2D eigenvalue weighted by molar-refractivity contribution is 5.89. The highest BCUT2D eigenvalue weighted by Gasteiger charge is 2.30. The molecule has 0 aliphatic heterocycles. The third-order valence-electron chi connectivity index (χ3n) is 2.26. The molecule has 6 heteroatoms. The van der Waals surface area contributed by atoms with Crippen LogP contribution in [-0.4, -0.2) is 12.3 Å². The third-order valence-corrected chi connectivity index (χ3v) is 2.26. The van der Waals surface area contributed by atoms with Crippen LogP contribution >= 0.6 is 0 Å². The zero-order valence-electron chi connectivity index (χ0n) is 10.4. The summed E-state index contributed by atoms with van der Waals surface area (Å²) in [5.74, 6) is 0. The van der Waals surface area contributed by atoms with Crippen LogP contribution in [-0.2, 0) is 5.41 Å². The summed E-state index contributed by atoms with van der Waals surface area (Å²) < 4.78 is 35.6. The fourth-order valence-electron chi connectivity index (χ4n) is 1.34. The summed E-state index contributed by atoms with van der Waals surface area (Å²) in [6.45, 7) is 6.06. The Hall–Kier alpha value is -1.72. The summed E-state index contributed by atoms with van der Waals surface area (Å²) in [4.78, 5) is 11.0. The summed E-state index contributed by atoms with van der Waals surface area (Å²) in [6, 6.07) is 5.37. The molecule has 0 saturated heterocycles. The summed E-state index contributed by atoms with van der Waals surface area (Å²) in [6.07, 6.45) is -4.73. The Morgan fingerprint density at radius 2 is 1.56 bits per heavy atom. The van der Waals surface area contributed by atoms with Crippen LogP contribution in [0.5, 0.6) is 0 Å². The molecular weight excluding hydrogens is 245 g/mol. The topological polar surface area (TPSA) is 41.1 Å². The number of benzene rings is 1. The molecule has 0 fully saturated rings. The van der Waals surface area contributed by atoms with E-state index in [-0.39, 0.29) is 5.41 Å². The first-order valence-electron chi connectivity index (χ1n) is 5.34. The molecule has 0 saturated carbocycles. The lowest BCUT2D eigenvalue weighted by Gasteiger charge is -2.19. The van der Waals surface area contributed by atoms with Crippen molar-refractivity contribution in [3.05, 3.63) is 29.8 Å². The Morgan fingerprint density at radius 3 is 1.94 bits per heavy atom. The molecule has 18 heavy (non-hydrogen) atoms. The number of nitrogens with one attached hydrogen (secondary N) is 2. The second-order valence-corrected chi connectivity index (χ2v) is 4.90. The van der Waals surface area contributed by atoms with Gasteiger partial charge >= 0.3 is 12.3 Å². The first-order chi connectivity index (χ1) is 8.08. The number of carbonyl (C=O) groups excluding carboxylic acids is 1. The van der Waals surface area contributed by atoms with Gasteiger partial charge in [0.1, 0.15) is 0 Å².